The molecule has 0 fully saturated rings. The Bertz CT molecular complexity index is 1330. The molecule has 0 bridgehead atoms. The maximum Gasteiger partial charge on any atom is 0.306 e. The maximum absolute atomic E-state index is 12.9. The summed E-state index contributed by atoms with van der Waals surface area (Å²) in [5, 5.41) is 0. The van der Waals surface area contributed by atoms with Crippen LogP contribution < -0.4 is 0 Å². The van der Waals surface area contributed by atoms with Crippen LogP contribution in [0.1, 0.15) is 278 Å². The van der Waals surface area contributed by atoms with E-state index in [0.717, 1.165) is 109 Å². The number of allylic oxidation sites excluding steroid dienone is 14. The molecule has 0 aromatic heterocycles. The summed E-state index contributed by atoms with van der Waals surface area (Å²) in [6, 6.07) is 0. The van der Waals surface area contributed by atoms with Gasteiger partial charge in [0.2, 0.25) is 0 Å². The third kappa shape index (κ3) is 55.4. The molecule has 6 heteroatoms. The van der Waals surface area contributed by atoms with E-state index in [4.69, 9.17) is 14.2 Å². The zero-order valence-electron chi connectivity index (χ0n) is 45.3. The van der Waals surface area contributed by atoms with Gasteiger partial charge < -0.3 is 14.2 Å². The van der Waals surface area contributed by atoms with Crippen LogP contribution in [0.25, 0.3) is 0 Å². The Morgan fingerprint density at radius 2 is 0.522 bits per heavy atom. The van der Waals surface area contributed by atoms with Crippen LogP contribution in [0.3, 0.4) is 0 Å². The number of carbonyl (C=O) groups excluding carboxylic acids is 3. The van der Waals surface area contributed by atoms with Gasteiger partial charge in [-0.25, -0.2) is 0 Å². The lowest BCUT2D eigenvalue weighted by Gasteiger charge is -2.18. The molecule has 0 rings (SSSR count). The second-order valence-corrected chi connectivity index (χ2v) is 19.2. The lowest BCUT2D eigenvalue weighted by molar-refractivity contribution is -0.167. The van der Waals surface area contributed by atoms with Gasteiger partial charge >= 0.3 is 17.9 Å². The lowest BCUT2D eigenvalue weighted by Crippen LogP contribution is -2.30. The van der Waals surface area contributed by atoms with Crippen LogP contribution in [-0.2, 0) is 28.6 Å². The van der Waals surface area contributed by atoms with Crippen LogP contribution in [0.5, 0.6) is 0 Å². The summed E-state index contributed by atoms with van der Waals surface area (Å²) in [4.78, 5) is 38.2. The number of carbonyl (C=O) groups is 3. The van der Waals surface area contributed by atoms with Crippen LogP contribution in [0, 0.1) is 0 Å². The first-order valence-corrected chi connectivity index (χ1v) is 29.1. The molecule has 0 aliphatic carbocycles. The van der Waals surface area contributed by atoms with Gasteiger partial charge in [0.15, 0.2) is 6.10 Å². The van der Waals surface area contributed by atoms with Crippen LogP contribution in [0.2, 0.25) is 0 Å². The lowest BCUT2D eigenvalue weighted by atomic mass is 10.1. The third-order valence-electron chi connectivity index (χ3n) is 12.3. The molecule has 6 nitrogen and oxygen atoms in total. The average Bonchev–Trinajstić information content (AvgIpc) is 3.35. The van der Waals surface area contributed by atoms with E-state index in [-0.39, 0.29) is 31.1 Å². The van der Waals surface area contributed by atoms with Crippen molar-refractivity contribution in [1.29, 1.82) is 0 Å². The Labute approximate surface area is 426 Å². The Morgan fingerprint density at radius 3 is 0.812 bits per heavy atom. The molecule has 0 unspecified atom stereocenters. The smallest absolute Gasteiger partial charge is 0.306 e. The van der Waals surface area contributed by atoms with E-state index in [0.29, 0.717) is 19.3 Å². The number of hydrogen-bond donors (Lipinski definition) is 0. The molecule has 0 N–H and O–H groups in total. The number of esters is 3. The molecule has 0 radical (unpaired) electrons. The van der Waals surface area contributed by atoms with Crippen molar-refractivity contribution in [3.8, 4) is 0 Å². The normalized spacial score (nSPS) is 12.7. The summed E-state index contributed by atoms with van der Waals surface area (Å²) >= 11 is 0. The van der Waals surface area contributed by atoms with Crippen molar-refractivity contribution in [3.05, 3.63) is 85.1 Å². The molecule has 0 amide bonds. The second-order valence-electron chi connectivity index (χ2n) is 19.2. The largest absolute Gasteiger partial charge is 0.462 e. The predicted molar refractivity (Wildman–Crippen MR) is 297 cm³/mol. The molecular weight excluding hydrogens is 853 g/mol. The average molecular weight is 962 g/mol. The number of unbranched alkanes of at least 4 members (excludes halogenated alkanes) is 27. The topological polar surface area (TPSA) is 78.9 Å². The molecule has 0 aromatic rings. The highest BCUT2D eigenvalue weighted by molar-refractivity contribution is 5.71. The fraction of sp³-hybridized carbons (Fsp3) is 0.730. The Kier molecular flexibility index (Phi) is 54.3. The monoisotopic (exact) mass is 961 g/mol. The number of ether oxygens (including phenoxy) is 3. The van der Waals surface area contributed by atoms with E-state index >= 15 is 0 Å². The van der Waals surface area contributed by atoms with Crippen molar-refractivity contribution < 1.29 is 28.6 Å². The van der Waals surface area contributed by atoms with Crippen molar-refractivity contribution in [1.82, 2.24) is 0 Å². The third-order valence-corrected chi connectivity index (χ3v) is 12.3. The highest BCUT2D eigenvalue weighted by Gasteiger charge is 2.19. The first-order valence-electron chi connectivity index (χ1n) is 29.1. The van der Waals surface area contributed by atoms with Gasteiger partial charge in [0, 0.05) is 19.3 Å². The fourth-order valence-corrected chi connectivity index (χ4v) is 7.92. The number of hydrogen-bond acceptors (Lipinski definition) is 6. The quantitative estimate of drug-likeness (QED) is 0.0262. The van der Waals surface area contributed by atoms with E-state index in [1.807, 2.05) is 0 Å². The van der Waals surface area contributed by atoms with E-state index < -0.39 is 6.10 Å². The Balaban J connectivity index is 4.45. The van der Waals surface area contributed by atoms with Gasteiger partial charge in [0.05, 0.1) is 0 Å². The molecule has 0 saturated carbocycles. The molecule has 0 heterocycles. The first kappa shape index (κ1) is 65.6. The Hall–Kier alpha value is -3.41. The van der Waals surface area contributed by atoms with Crippen molar-refractivity contribution in [2.24, 2.45) is 0 Å². The second kappa shape index (κ2) is 57.2. The number of rotatable bonds is 52. The molecule has 0 aromatic carbocycles. The van der Waals surface area contributed by atoms with Crippen molar-refractivity contribution in [2.75, 3.05) is 13.2 Å². The van der Waals surface area contributed by atoms with Gasteiger partial charge in [0.25, 0.3) is 0 Å². The minimum Gasteiger partial charge on any atom is -0.462 e. The zero-order valence-corrected chi connectivity index (χ0v) is 45.3. The van der Waals surface area contributed by atoms with E-state index in [2.05, 4.69) is 106 Å². The maximum atomic E-state index is 12.9. The van der Waals surface area contributed by atoms with Gasteiger partial charge in [-0.05, 0) is 122 Å². The molecule has 69 heavy (non-hydrogen) atoms. The molecule has 0 aliphatic heterocycles. The summed E-state index contributed by atoms with van der Waals surface area (Å²) in [6.45, 7) is 6.54. The van der Waals surface area contributed by atoms with Gasteiger partial charge in [-0.1, -0.05) is 221 Å². The van der Waals surface area contributed by atoms with Gasteiger partial charge in [-0.3, -0.25) is 14.4 Å². The van der Waals surface area contributed by atoms with Crippen molar-refractivity contribution >= 4 is 17.9 Å². The Morgan fingerprint density at radius 1 is 0.290 bits per heavy atom. The van der Waals surface area contributed by atoms with Crippen LogP contribution in [0.15, 0.2) is 85.1 Å². The summed E-state index contributed by atoms with van der Waals surface area (Å²) in [6.07, 6.45) is 74.2. The van der Waals surface area contributed by atoms with E-state index in [1.165, 1.54) is 128 Å². The standard InChI is InChI=1S/C63H108O6/c1-4-7-10-13-16-19-22-25-28-31-34-37-40-43-46-49-52-55-61(64)67-58-60(69-63(66)57-54-51-48-45-42-39-36-33-30-27-24-21-18-15-12-9-6-3)59-68-62(65)56-53-50-47-44-41-38-35-32-29-26-23-20-17-14-11-8-5-2/h16-21,25-30,34,37,60H,4-15,22-24,31-33,35-36,38-59H2,1-3H3/b19-16+,20-17+,21-18+,28-25+,29-26+,30-27+,37-34+/t60-/m0/s1. The van der Waals surface area contributed by atoms with Crippen molar-refractivity contribution in [2.45, 2.75) is 284 Å². The molecule has 0 spiro atoms. The molecule has 0 saturated heterocycles. The van der Waals surface area contributed by atoms with Gasteiger partial charge in [0.1, 0.15) is 13.2 Å². The van der Waals surface area contributed by atoms with E-state index in [1.54, 1.807) is 0 Å². The van der Waals surface area contributed by atoms with E-state index in [9.17, 15) is 14.4 Å². The van der Waals surface area contributed by atoms with Gasteiger partial charge in [-0.2, -0.15) is 0 Å². The first-order chi connectivity index (χ1) is 34.0. The van der Waals surface area contributed by atoms with Crippen molar-refractivity contribution in [3.63, 3.8) is 0 Å². The van der Waals surface area contributed by atoms with Crippen LogP contribution in [-0.4, -0.2) is 37.2 Å². The molecule has 0 aliphatic rings. The van der Waals surface area contributed by atoms with Crippen LogP contribution in [0.4, 0.5) is 0 Å². The predicted octanol–water partition coefficient (Wildman–Crippen LogP) is 19.5. The SMILES string of the molecule is CCCCC/C=C/C/C=C/C/C=C/CCCCCCC(=O)OC[C@@H](COC(=O)CCCCCCCCC/C=C/C/C=C/CCCCC)OC(=O)CCCCCCCCC/C=C/C/C=C/CCCCC. The molecule has 1 atom stereocenters. The summed E-state index contributed by atoms with van der Waals surface area (Å²) in [7, 11) is 0. The zero-order chi connectivity index (χ0) is 50.0. The highest BCUT2D eigenvalue weighted by atomic mass is 16.6. The molecular formula is C63H108O6. The van der Waals surface area contributed by atoms with Crippen LogP contribution >= 0.6 is 0 Å². The summed E-state index contributed by atoms with van der Waals surface area (Å²) < 4.78 is 16.9. The fourth-order valence-electron chi connectivity index (χ4n) is 7.92. The highest BCUT2D eigenvalue weighted by Crippen LogP contribution is 2.14. The minimum atomic E-state index is -0.795. The summed E-state index contributed by atoms with van der Waals surface area (Å²) in [5.74, 6) is -0.923. The minimum absolute atomic E-state index is 0.0913. The summed E-state index contributed by atoms with van der Waals surface area (Å²) in [5.41, 5.74) is 0. The molecule has 396 valence electrons. The van der Waals surface area contributed by atoms with Gasteiger partial charge in [-0.15, -0.1) is 0 Å².